The number of fused-ring (bicyclic) bond motifs is 1. The van der Waals surface area contributed by atoms with Crippen LogP contribution in [-0.2, 0) is 11.2 Å². The number of hydrogen-bond donors (Lipinski definition) is 0. The van der Waals surface area contributed by atoms with Crippen molar-refractivity contribution in [3.05, 3.63) is 99.6 Å². The van der Waals surface area contributed by atoms with Crippen LogP contribution in [0.2, 0.25) is 0 Å². The van der Waals surface area contributed by atoms with Crippen molar-refractivity contribution in [1.82, 2.24) is 14.5 Å². The maximum absolute atomic E-state index is 13.8. The van der Waals surface area contributed by atoms with Crippen LogP contribution in [0.4, 0.5) is 0 Å². The van der Waals surface area contributed by atoms with Gasteiger partial charge in [-0.05, 0) is 61.7 Å². The Balaban J connectivity index is 1.81. The zero-order valence-corrected chi connectivity index (χ0v) is 20.9. The Kier molecular flexibility index (Phi) is 7.01. The number of ether oxygens (including phenoxy) is 1. The number of aromatic nitrogens is 2. The van der Waals surface area contributed by atoms with Gasteiger partial charge in [0.25, 0.3) is 5.56 Å². The largest absolute Gasteiger partial charge is 0.497 e. The van der Waals surface area contributed by atoms with Crippen molar-refractivity contribution < 1.29 is 9.53 Å². The molecule has 0 bridgehead atoms. The van der Waals surface area contributed by atoms with E-state index in [1.165, 1.54) is 0 Å². The third kappa shape index (κ3) is 4.83. The van der Waals surface area contributed by atoms with Crippen LogP contribution >= 0.6 is 0 Å². The van der Waals surface area contributed by atoms with Crippen molar-refractivity contribution >= 4 is 16.8 Å². The molecule has 1 aromatic heterocycles. The number of carbonyl (C=O) groups is 1. The minimum Gasteiger partial charge on any atom is -0.497 e. The van der Waals surface area contributed by atoms with Gasteiger partial charge in [-0.1, -0.05) is 48.9 Å². The summed E-state index contributed by atoms with van der Waals surface area (Å²) in [4.78, 5) is 33.7. The van der Waals surface area contributed by atoms with E-state index in [2.05, 4.69) is 6.07 Å². The van der Waals surface area contributed by atoms with E-state index in [1.807, 2.05) is 75.4 Å². The number of hydrogen-bond acceptors (Lipinski definition) is 4. The highest BCUT2D eigenvalue weighted by molar-refractivity contribution is 5.80. The Morgan fingerprint density at radius 2 is 1.77 bits per heavy atom. The molecule has 4 rings (SSSR count). The summed E-state index contributed by atoms with van der Waals surface area (Å²) in [6, 6.07) is 20.5. The van der Waals surface area contributed by atoms with Gasteiger partial charge in [0.15, 0.2) is 0 Å². The average Bonchev–Trinajstić information content (AvgIpc) is 2.86. The molecule has 3 aromatic carbocycles. The first-order valence-electron chi connectivity index (χ1n) is 11.8. The topological polar surface area (TPSA) is 64.4 Å². The lowest BCUT2D eigenvalue weighted by Gasteiger charge is -2.29. The number of methoxy groups -OCH3 is 1. The van der Waals surface area contributed by atoms with Gasteiger partial charge in [-0.2, -0.15) is 0 Å². The fraction of sp³-hybridized carbons (Fsp3) is 0.276. The molecule has 1 amide bonds. The molecule has 0 radical (unpaired) electrons. The zero-order valence-electron chi connectivity index (χ0n) is 20.9. The standard InChI is InChI=1S/C29H31N3O3/c1-6-25(31(4)27(33)18-21-12-14-22(35-5)15-13-21)28-30-24-10-8-7-9-23(24)29(34)32(28)26-16-11-19(2)17-20(26)3/h7-17,25H,6,18H2,1-5H3. The van der Waals surface area contributed by atoms with Crippen LogP contribution in [0.5, 0.6) is 5.75 Å². The van der Waals surface area contributed by atoms with E-state index in [0.717, 1.165) is 28.1 Å². The molecule has 1 heterocycles. The SMILES string of the molecule is CCC(c1nc2ccccc2c(=O)n1-c1ccc(C)cc1C)N(C)C(=O)Cc1ccc(OC)cc1. The molecule has 6 nitrogen and oxygen atoms in total. The van der Waals surface area contributed by atoms with E-state index >= 15 is 0 Å². The van der Waals surface area contributed by atoms with E-state index in [4.69, 9.17) is 9.72 Å². The number of rotatable bonds is 7. The van der Waals surface area contributed by atoms with Crippen LogP contribution in [0.1, 0.15) is 41.9 Å². The number of benzene rings is 3. The highest BCUT2D eigenvalue weighted by Crippen LogP contribution is 2.27. The molecule has 0 fully saturated rings. The minimum absolute atomic E-state index is 0.0448. The summed E-state index contributed by atoms with van der Waals surface area (Å²) < 4.78 is 6.90. The Bertz CT molecular complexity index is 1420. The fourth-order valence-electron chi connectivity index (χ4n) is 4.51. The second-order valence-corrected chi connectivity index (χ2v) is 8.87. The summed E-state index contributed by atoms with van der Waals surface area (Å²) in [6.45, 7) is 6.03. The maximum atomic E-state index is 13.8. The quantitative estimate of drug-likeness (QED) is 0.375. The van der Waals surface area contributed by atoms with Crippen LogP contribution in [0.3, 0.4) is 0 Å². The fourth-order valence-corrected chi connectivity index (χ4v) is 4.51. The number of likely N-dealkylation sites (N-methyl/N-ethyl adjacent to an activating group) is 1. The van der Waals surface area contributed by atoms with Gasteiger partial charge in [-0.3, -0.25) is 14.2 Å². The molecule has 6 heteroatoms. The van der Waals surface area contributed by atoms with Gasteiger partial charge >= 0.3 is 0 Å². The maximum Gasteiger partial charge on any atom is 0.266 e. The minimum atomic E-state index is -0.376. The molecule has 0 saturated heterocycles. The summed E-state index contributed by atoms with van der Waals surface area (Å²) in [7, 11) is 3.40. The Hall–Kier alpha value is -3.93. The molecule has 0 spiro atoms. The third-order valence-electron chi connectivity index (χ3n) is 6.45. The first-order valence-corrected chi connectivity index (χ1v) is 11.8. The summed E-state index contributed by atoms with van der Waals surface area (Å²) in [5, 5.41) is 0.554. The van der Waals surface area contributed by atoms with Gasteiger partial charge in [0, 0.05) is 7.05 Å². The van der Waals surface area contributed by atoms with Crippen LogP contribution in [-0.4, -0.2) is 34.5 Å². The lowest BCUT2D eigenvalue weighted by atomic mass is 10.1. The highest BCUT2D eigenvalue weighted by Gasteiger charge is 2.27. The molecule has 180 valence electrons. The Labute approximate surface area is 205 Å². The summed E-state index contributed by atoms with van der Waals surface area (Å²) in [5.41, 5.74) is 4.27. The average molecular weight is 470 g/mol. The van der Waals surface area contributed by atoms with Gasteiger partial charge in [0.2, 0.25) is 5.91 Å². The normalized spacial score (nSPS) is 11.9. The smallest absolute Gasteiger partial charge is 0.266 e. The third-order valence-corrected chi connectivity index (χ3v) is 6.45. The molecular formula is C29H31N3O3. The molecule has 0 aliphatic heterocycles. The molecule has 1 atom stereocenters. The predicted molar refractivity (Wildman–Crippen MR) is 139 cm³/mol. The van der Waals surface area contributed by atoms with Gasteiger partial charge in [-0.15, -0.1) is 0 Å². The van der Waals surface area contributed by atoms with Gasteiger partial charge in [0.05, 0.1) is 36.2 Å². The van der Waals surface area contributed by atoms with Crippen LogP contribution < -0.4 is 10.3 Å². The van der Waals surface area contributed by atoms with E-state index in [9.17, 15) is 9.59 Å². The molecule has 1 unspecified atom stereocenters. The van der Waals surface area contributed by atoms with Crippen molar-refractivity contribution in [3.63, 3.8) is 0 Å². The monoisotopic (exact) mass is 469 g/mol. The number of nitrogens with zero attached hydrogens (tertiary/aromatic N) is 3. The molecule has 4 aromatic rings. The van der Waals surface area contributed by atoms with Crippen molar-refractivity contribution in [2.75, 3.05) is 14.2 Å². The molecular weight excluding hydrogens is 438 g/mol. The molecule has 0 aliphatic carbocycles. The number of amides is 1. The predicted octanol–water partition coefficient (Wildman–Crippen LogP) is 5.16. The number of para-hydroxylation sites is 1. The van der Waals surface area contributed by atoms with Crippen molar-refractivity contribution in [1.29, 1.82) is 0 Å². The van der Waals surface area contributed by atoms with Crippen LogP contribution in [0.15, 0.2) is 71.5 Å². The second-order valence-electron chi connectivity index (χ2n) is 8.87. The lowest BCUT2D eigenvalue weighted by Crippen LogP contribution is -2.36. The number of carbonyl (C=O) groups excluding carboxylic acids is 1. The molecule has 35 heavy (non-hydrogen) atoms. The zero-order chi connectivity index (χ0) is 25.1. The highest BCUT2D eigenvalue weighted by atomic mass is 16.5. The Morgan fingerprint density at radius 1 is 1.06 bits per heavy atom. The van der Waals surface area contributed by atoms with E-state index in [-0.39, 0.29) is 23.9 Å². The van der Waals surface area contributed by atoms with Gasteiger partial charge in [0.1, 0.15) is 11.6 Å². The van der Waals surface area contributed by atoms with Crippen LogP contribution in [0.25, 0.3) is 16.6 Å². The van der Waals surface area contributed by atoms with E-state index in [0.29, 0.717) is 23.1 Å². The van der Waals surface area contributed by atoms with Crippen molar-refractivity contribution in [2.24, 2.45) is 0 Å². The summed E-state index contributed by atoms with van der Waals surface area (Å²) in [6.07, 6.45) is 0.860. The van der Waals surface area contributed by atoms with E-state index < -0.39 is 0 Å². The second kappa shape index (κ2) is 10.1. The molecule has 0 N–H and O–H groups in total. The van der Waals surface area contributed by atoms with E-state index in [1.54, 1.807) is 29.7 Å². The van der Waals surface area contributed by atoms with Gasteiger partial charge in [-0.25, -0.2) is 4.98 Å². The van der Waals surface area contributed by atoms with Crippen LogP contribution in [0, 0.1) is 13.8 Å². The first-order chi connectivity index (χ1) is 16.8. The Morgan fingerprint density at radius 3 is 2.43 bits per heavy atom. The molecule has 0 aliphatic rings. The molecule has 0 saturated carbocycles. The first kappa shape index (κ1) is 24.2. The number of aryl methyl sites for hydroxylation is 2. The van der Waals surface area contributed by atoms with Gasteiger partial charge < -0.3 is 9.64 Å². The lowest BCUT2D eigenvalue weighted by molar-refractivity contribution is -0.131. The van der Waals surface area contributed by atoms with Crippen molar-refractivity contribution in [3.8, 4) is 11.4 Å². The summed E-state index contributed by atoms with van der Waals surface area (Å²) >= 11 is 0. The summed E-state index contributed by atoms with van der Waals surface area (Å²) in [5.74, 6) is 1.27. The van der Waals surface area contributed by atoms with Crippen molar-refractivity contribution in [2.45, 2.75) is 39.7 Å².